The Balaban J connectivity index is 1.26. The van der Waals surface area contributed by atoms with E-state index in [1.54, 1.807) is 56.5 Å². The molecule has 0 bridgehead atoms. The van der Waals surface area contributed by atoms with Crippen molar-refractivity contribution in [2.24, 2.45) is 0 Å². The summed E-state index contributed by atoms with van der Waals surface area (Å²) in [6, 6.07) is 29.0. The molecule has 0 fully saturated rings. The molecule has 194 valence electrons. The molecule has 0 radical (unpaired) electrons. The van der Waals surface area contributed by atoms with Crippen LogP contribution in [0, 0.1) is 6.92 Å². The largest absolute Gasteiger partial charge is 0.497 e. The molecule has 39 heavy (non-hydrogen) atoms. The Morgan fingerprint density at radius 2 is 1.51 bits per heavy atom. The first-order valence-corrected chi connectivity index (χ1v) is 12.4. The Morgan fingerprint density at radius 3 is 2.23 bits per heavy atom. The molecule has 4 aromatic carbocycles. The van der Waals surface area contributed by atoms with E-state index in [4.69, 9.17) is 18.6 Å². The van der Waals surface area contributed by atoms with Crippen LogP contribution >= 0.6 is 0 Å². The van der Waals surface area contributed by atoms with Crippen LogP contribution in [0.1, 0.15) is 37.6 Å². The maximum atomic E-state index is 13.1. The smallest absolute Gasteiger partial charge is 0.347 e. The van der Waals surface area contributed by atoms with Gasteiger partial charge in [-0.3, -0.25) is 4.79 Å². The molecule has 6 nitrogen and oxygen atoms in total. The van der Waals surface area contributed by atoms with Crippen molar-refractivity contribution in [1.29, 1.82) is 0 Å². The Kier molecular flexibility index (Phi) is 7.55. The lowest BCUT2D eigenvalue weighted by molar-refractivity contribution is 0.0734. The number of furan rings is 1. The van der Waals surface area contributed by atoms with Crippen molar-refractivity contribution in [2.45, 2.75) is 13.5 Å². The van der Waals surface area contributed by atoms with Gasteiger partial charge in [0.25, 0.3) is 0 Å². The summed E-state index contributed by atoms with van der Waals surface area (Å²) >= 11 is 0. The van der Waals surface area contributed by atoms with E-state index in [0.29, 0.717) is 46.0 Å². The van der Waals surface area contributed by atoms with Crippen molar-refractivity contribution in [3.8, 4) is 17.2 Å². The van der Waals surface area contributed by atoms with Gasteiger partial charge in [-0.15, -0.1) is 0 Å². The second kappa shape index (κ2) is 11.5. The van der Waals surface area contributed by atoms with Crippen LogP contribution in [0.2, 0.25) is 0 Å². The number of ketones is 1. The van der Waals surface area contributed by atoms with E-state index < -0.39 is 5.97 Å². The summed E-state index contributed by atoms with van der Waals surface area (Å²) in [4.78, 5) is 25.7. The van der Waals surface area contributed by atoms with Gasteiger partial charge in [-0.1, -0.05) is 48.5 Å². The van der Waals surface area contributed by atoms with Crippen molar-refractivity contribution >= 4 is 28.8 Å². The van der Waals surface area contributed by atoms with Gasteiger partial charge in [0, 0.05) is 10.9 Å². The van der Waals surface area contributed by atoms with Gasteiger partial charge >= 0.3 is 5.97 Å². The Bertz CT molecular complexity index is 1630. The number of carbonyl (C=O) groups is 2. The number of aryl methyl sites for hydroxylation is 1. The lowest BCUT2D eigenvalue weighted by Crippen LogP contribution is -2.09. The molecular formula is C33H26O6. The first-order valence-electron chi connectivity index (χ1n) is 12.4. The van der Waals surface area contributed by atoms with E-state index in [0.717, 1.165) is 16.9 Å². The molecule has 0 aliphatic carbocycles. The third-order valence-corrected chi connectivity index (χ3v) is 6.18. The molecule has 1 aromatic heterocycles. The minimum Gasteiger partial charge on any atom is -0.497 e. The molecule has 0 unspecified atom stereocenters. The van der Waals surface area contributed by atoms with E-state index in [-0.39, 0.29) is 5.78 Å². The van der Waals surface area contributed by atoms with Crippen LogP contribution in [-0.4, -0.2) is 18.9 Å². The zero-order valence-electron chi connectivity index (χ0n) is 21.5. The van der Waals surface area contributed by atoms with E-state index in [1.807, 2.05) is 60.7 Å². The van der Waals surface area contributed by atoms with Crippen LogP contribution in [0.3, 0.4) is 0 Å². The standard InChI is InChI=1S/C33H26O6/c1-22-32(29-20-28(17-19-31(29)38-22)37-21-24-6-4-3-5-7-24)33(35)39-27-15-11-25(12-16-27)30(34)18-10-23-8-13-26(36-2)14-9-23/h3-20H,21H2,1-2H3. The molecule has 0 spiro atoms. The number of allylic oxidation sites excluding steroid dienone is 1. The average Bonchev–Trinajstić information content (AvgIpc) is 3.31. The number of fused-ring (bicyclic) bond motifs is 1. The summed E-state index contributed by atoms with van der Waals surface area (Å²) < 4.78 is 22.5. The van der Waals surface area contributed by atoms with Crippen molar-refractivity contribution in [1.82, 2.24) is 0 Å². The number of methoxy groups -OCH3 is 1. The third-order valence-electron chi connectivity index (χ3n) is 6.18. The second-order valence-corrected chi connectivity index (χ2v) is 8.85. The van der Waals surface area contributed by atoms with Gasteiger partial charge in [0.05, 0.1) is 7.11 Å². The van der Waals surface area contributed by atoms with Crippen LogP contribution in [0.4, 0.5) is 0 Å². The maximum absolute atomic E-state index is 13.1. The summed E-state index contributed by atoms with van der Waals surface area (Å²) in [5, 5.41) is 0.610. The zero-order chi connectivity index (χ0) is 27.2. The molecule has 0 aliphatic heterocycles. The highest BCUT2D eigenvalue weighted by Crippen LogP contribution is 2.30. The predicted octanol–water partition coefficient (Wildman–Crippen LogP) is 7.44. The molecule has 5 aromatic rings. The summed E-state index contributed by atoms with van der Waals surface area (Å²) in [6.45, 7) is 2.13. The Morgan fingerprint density at radius 1 is 0.821 bits per heavy atom. The first-order chi connectivity index (χ1) is 19.0. The summed E-state index contributed by atoms with van der Waals surface area (Å²) in [5.74, 6) is 1.42. The predicted molar refractivity (Wildman–Crippen MR) is 149 cm³/mol. The van der Waals surface area contributed by atoms with Gasteiger partial charge in [-0.05, 0) is 78.7 Å². The maximum Gasteiger partial charge on any atom is 0.347 e. The van der Waals surface area contributed by atoms with Crippen molar-refractivity contribution in [3.05, 3.63) is 131 Å². The molecule has 0 saturated carbocycles. The number of esters is 1. The number of hydrogen-bond acceptors (Lipinski definition) is 6. The fraction of sp³-hybridized carbons (Fsp3) is 0.0909. The molecule has 5 rings (SSSR count). The van der Waals surface area contributed by atoms with Gasteiger partial charge in [0.15, 0.2) is 5.78 Å². The molecule has 0 saturated heterocycles. The summed E-state index contributed by atoms with van der Waals surface area (Å²) in [7, 11) is 1.60. The fourth-order valence-electron chi connectivity index (χ4n) is 4.11. The minimum absolute atomic E-state index is 0.164. The average molecular weight is 519 g/mol. The lowest BCUT2D eigenvalue weighted by atomic mass is 10.1. The zero-order valence-corrected chi connectivity index (χ0v) is 21.5. The summed E-state index contributed by atoms with van der Waals surface area (Å²) in [5.41, 5.74) is 3.29. The second-order valence-electron chi connectivity index (χ2n) is 8.85. The molecule has 6 heteroatoms. The summed E-state index contributed by atoms with van der Waals surface area (Å²) in [6.07, 6.45) is 3.24. The topological polar surface area (TPSA) is 75.0 Å². The number of hydrogen-bond donors (Lipinski definition) is 0. The van der Waals surface area contributed by atoms with Gasteiger partial charge < -0.3 is 18.6 Å². The SMILES string of the molecule is COc1ccc(C=CC(=O)c2ccc(OC(=O)c3c(C)oc4ccc(OCc5ccccc5)cc34)cc2)cc1. The first kappa shape index (κ1) is 25.5. The quantitative estimate of drug-likeness (QED) is 0.0873. The number of benzene rings is 4. The molecule has 0 N–H and O–H groups in total. The molecular weight excluding hydrogens is 492 g/mol. The van der Waals surface area contributed by atoms with E-state index >= 15 is 0 Å². The number of ether oxygens (including phenoxy) is 3. The third kappa shape index (κ3) is 6.08. The Labute approximate surface area is 226 Å². The lowest BCUT2D eigenvalue weighted by Gasteiger charge is -2.07. The van der Waals surface area contributed by atoms with Crippen LogP contribution in [-0.2, 0) is 6.61 Å². The Hall–Kier alpha value is -5.10. The van der Waals surface area contributed by atoms with Crippen LogP contribution in [0.5, 0.6) is 17.2 Å². The van der Waals surface area contributed by atoms with E-state index in [9.17, 15) is 9.59 Å². The van der Waals surface area contributed by atoms with Crippen LogP contribution in [0.15, 0.2) is 108 Å². The highest BCUT2D eigenvalue weighted by atomic mass is 16.5. The number of rotatable bonds is 9. The highest BCUT2D eigenvalue weighted by molar-refractivity contribution is 6.07. The van der Waals surface area contributed by atoms with E-state index in [2.05, 4.69) is 0 Å². The minimum atomic E-state index is -0.551. The van der Waals surface area contributed by atoms with Crippen LogP contribution < -0.4 is 14.2 Å². The fourth-order valence-corrected chi connectivity index (χ4v) is 4.11. The molecule has 1 heterocycles. The normalized spacial score (nSPS) is 11.0. The van der Waals surface area contributed by atoms with Crippen molar-refractivity contribution in [3.63, 3.8) is 0 Å². The molecule has 0 aliphatic rings. The molecule has 0 atom stereocenters. The van der Waals surface area contributed by atoms with Gasteiger partial charge in [0.2, 0.25) is 0 Å². The van der Waals surface area contributed by atoms with Crippen molar-refractivity contribution < 1.29 is 28.2 Å². The van der Waals surface area contributed by atoms with Gasteiger partial charge in [0.1, 0.15) is 40.8 Å². The molecule has 0 amide bonds. The van der Waals surface area contributed by atoms with Crippen molar-refractivity contribution in [2.75, 3.05) is 7.11 Å². The van der Waals surface area contributed by atoms with Gasteiger partial charge in [-0.25, -0.2) is 4.79 Å². The van der Waals surface area contributed by atoms with Gasteiger partial charge in [-0.2, -0.15) is 0 Å². The monoisotopic (exact) mass is 518 g/mol. The van der Waals surface area contributed by atoms with Crippen LogP contribution in [0.25, 0.3) is 17.0 Å². The van der Waals surface area contributed by atoms with E-state index in [1.165, 1.54) is 6.08 Å². The number of carbonyl (C=O) groups excluding carboxylic acids is 2. The highest BCUT2D eigenvalue weighted by Gasteiger charge is 2.21.